The molecule has 2 aromatic carbocycles. The van der Waals surface area contributed by atoms with Crippen LogP contribution in [0.3, 0.4) is 0 Å². The van der Waals surface area contributed by atoms with E-state index < -0.39 is 0 Å². The quantitative estimate of drug-likeness (QED) is 0.655. The van der Waals surface area contributed by atoms with Gasteiger partial charge in [-0.25, -0.2) is 0 Å². The van der Waals surface area contributed by atoms with Gasteiger partial charge in [0.05, 0.1) is 25.7 Å². The number of carbonyl (C=O) groups excluding carboxylic acids is 2. The molecule has 0 spiro atoms. The summed E-state index contributed by atoms with van der Waals surface area (Å²) in [5.41, 5.74) is 1.55. The lowest BCUT2D eigenvalue weighted by molar-refractivity contribution is -0.134. The average Bonchev–Trinajstić information content (AvgIpc) is 2.71. The Bertz CT molecular complexity index is 808. The molecule has 2 amide bonds. The second-order valence-electron chi connectivity index (χ2n) is 6.64. The molecule has 1 unspecified atom stereocenters. The zero-order chi connectivity index (χ0) is 21.2. The highest BCUT2D eigenvalue weighted by Gasteiger charge is 2.23. The number of nitrogens with zero attached hydrogens (tertiary/aromatic N) is 1. The number of nitrogens with one attached hydrogen (secondary N) is 1. The second kappa shape index (κ2) is 11.1. The van der Waals surface area contributed by atoms with Crippen LogP contribution in [-0.4, -0.2) is 43.5 Å². The van der Waals surface area contributed by atoms with E-state index in [1.54, 1.807) is 25.2 Å². The van der Waals surface area contributed by atoms with Crippen LogP contribution in [0.25, 0.3) is 0 Å². The summed E-state index contributed by atoms with van der Waals surface area (Å²) < 4.78 is 11.1. The van der Waals surface area contributed by atoms with Gasteiger partial charge in [-0.2, -0.15) is 0 Å². The van der Waals surface area contributed by atoms with Gasteiger partial charge in [-0.1, -0.05) is 37.3 Å². The first-order valence-corrected chi connectivity index (χ1v) is 9.99. The van der Waals surface area contributed by atoms with E-state index in [0.29, 0.717) is 36.8 Å². The number of likely N-dealkylation sites (N-methyl/N-ethyl adjacent to an activating group) is 1. The molecule has 29 heavy (non-hydrogen) atoms. The first-order chi connectivity index (χ1) is 14.0. The number of benzene rings is 2. The average molecular weight is 399 g/mol. The molecule has 0 saturated heterocycles. The topological polar surface area (TPSA) is 67.9 Å². The maximum absolute atomic E-state index is 12.8. The SMILES string of the molecule is CCOc1ccc(NC(=O)CN(C)C(=O)C(CC)c2ccccc2)cc1OCC. The fourth-order valence-electron chi connectivity index (χ4n) is 3.13. The molecule has 0 radical (unpaired) electrons. The molecule has 0 aliphatic rings. The second-order valence-corrected chi connectivity index (χ2v) is 6.64. The molecule has 0 saturated carbocycles. The van der Waals surface area contributed by atoms with E-state index in [1.807, 2.05) is 51.1 Å². The Labute approximate surface area is 172 Å². The molecular formula is C23H30N2O4. The number of ether oxygens (including phenoxy) is 2. The van der Waals surface area contributed by atoms with Gasteiger partial charge in [-0.15, -0.1) is 0 Å². The zero-order valence-corrected chi connectivity index (χ0v) is 17.6. The lowest BCUT2D eigenvalue weighted by atomic mass is 9.95. The largest absolute Gasteiger partial charge is 0.490 e. The van der Waals surface area contributed by atoms with Crippen LogP contribution in [0.5, 0.6) is 11.5 Å². The summed E-state index contributed by atoms with van der Waals surface area (Å²) in [4.78, 5) is 26.8. The van der Waals surface area contributed by atoms with Crippen molar-refractivity contribution in [2.75, 3.05) is 32.1 Å². The van der Waals surface area contributed by atoms with Crippen molar-refractivity contribution in [2.45, 2.75) is 33.1 Å². The summed E-state index contributed by atoms with van der Waals surface area (Å²) in [6.07, 6.45) is 0.672. The number of anilines is 1. The summed E-state index contributed by atoms with van der Waals surface area (Å²) in [5.74, 6) is 0.606. The third kappa shape index (κ3) is 6.24. The lowest BCUT2D eigenvalue weighted by Crippen LogP contribution is -2.37. The van der Waals surface area contributed by atoms with Crippen molar-refractivity contribution in [3.05, 3.63) is 54.1 Å². The predicted octanol–water partition coefficient (Wildman–Crippen LogP) is 4.07. The van der Waals surface area contributed by atoms with E-state index in [4.69, 9.17) is 9.47 Å². The molecule has 156 valence electrons. The maximum atomic E-state index is 12.8. The summed E-state index contributed by atoms with van der Waals surface area (Å²) in [6.45, 7) is 6.75. The van der Waals surface area contributed by atoms with Crippen molar-refractivity contribution in [3.8, 4) is 11.5 Å². The fraction of sp³-hybridized carbons (Fsp3) is 0.391. The van der Waals surface area contributed by atoms with Gasteiger partial charge in [0, 0.05) is 18.8 Å². The van der Waals surface area contributed by atoms with Crippen LogP contribution in [0, 0.1) is 0 Å². The van der Waals surface area contributed by atoms with E-state index in [-0.39, 0.29) is 24.3 Å². The van der Waals surface area contributed by atoms with Crippen LogP contribution in [-0.2, 0) is 9.59 Å². The standard InChI is InChI=1S/C23H30N2O4/c1-5-19(17-11-9-8-10-12-17)23(27)25(4)16-22(26)24-18-13-14-20(28-6-2)21(15-18)29-7-3/h8-15,19H,5-7,16H2,1-4H3,(H,24,26). The Balaban J connectivity index is 2.02. The number of rotatable bonds is 10. The van der Waals surface area contributed by atoms with E-state index in [2.05, 4.69) is 5.32 Å². The smallest absolute Gasteiger partial charge is 0.243 e. The third-order valence-electron chi connectivity index (χ3n) is 4.49. The monoisotopic (exact) mass is 398 g/mol. The molecule has 0 bridgehead atoms. The van der Waals surface area contributed by atoms with Crippen molar-refractivity contribution in [2.24, 2.45) is 0 Å². The normalized spacial score (nSPS) is 11.4. The minimum absolute atomic E-state index is 0.0284. The van der Waals surface area contributed by atoms with E-state index in [0.717, 1.165) is 5.56 Å². The van der Waals surface area contributed by atoms with Crippen molar-refractivity contribution < 1.29 is 19.1 Å². The van der Waals surface area contributed by atoms with Crippen LogP contribution in [0.4, 0.5) is 5.69 Å². The summed E-state index contributed by atoms with van der Waals surface area (Å²) in [6, 6.07) is 14.9. The zero-order valence-electron chi connectivity index (χ0n) is 17.6. The molecular weight excluding hydrogens is 368 g/mol. The fourth-order valence-corrected chi connectivity index (χ4v) is 3.13. The molecule has 0 heterocycles. The summed E-state index contributed by atoms with van der Waals surface area (Å²) in [5, 5.41) is 2.82. The number of carbonyl (C=O) groups is 2. The van der Waals surface area contributed by atoms with Crippen molar-refractivity contribution >= 4 is 17.5 Å². The number of hydrogen-bond acceptors (Lipinski definition) is 4. The van der Waals surface area contributed by atoms with Gasteiger partial charge in [0.1, 0.15) is 0 Å². The molecule has 1 N–H and O–H groups in total. The van der Waals surface area contributed by atoms with Gasteiger partial charge in [0.2, 0.25) is 11.8 Å². The Hall–Kier alpha value is -3.02. The summed E-state index contributed by atoms with van der Waals surface area (Å²) >= 11 is 0. The van der Waals surface area contributed by atoms with E-state index in [9.17, 15) is 9.59 Å². The molecule has 2 aromatic rings. The highest BCUT2D eigenvalue weighted by Crippen LogP contribution is 2.30. The van der Waals surface area contributed by atoms with Crippen molar-refractivity contribution in [1.82, 2.24) is 4.90 Å². The van der Waals surface area contributed by atoms with E-state index >= 15 is 0 Å². The Morgan fingerprint density at radius 1 is 0.966 bits per heavy atom. The predicted molar refractivity (Wildman–Crippen MR) is 115 cm³/mol. The molecule has 0 aliphatic carbocycles. The minimum atomic E-state index is -0.268. The van der Waals surface area contributed by atoms with E-state index in [1.165, 1.54) is 4.90 Å². The third-order valence-corrected chi connectivity index (χ3v) is 4.49. The number of hydrogen-bond donors (Lipinski definition) is 1. The van der Waals surface area contributed by atoms with Gasteiger partial charge < -0.3 is 19.7 Å². The molecule has 1 atom stereocenters. The first-order valence-electron chi connectivity index (χ1n) is 9.99. The van der Waals surface area contributed by atoms with Gasteiger partial charge >= 0.3 is 0 Å². The minimum Gasteiger partial charge on any atom is -0.490 e. The van der Waals surface area contributed by atoms with Crippen molar-refractivity contribution in [3.63, 3.8) is 0 Å². The Kier molecular flexibility index (Phi) is 8.52. The highest BCUT2D eigenvalue weighted by atomic mass is 16.5. The van der Waals surface area contributed by atoms with Crippen LogP contribution in [0.2, 0.25) is 0 Å². The van der Waals surface area contributed by atoms with Crippen LogP contribution < -0.4 is 14.8 Å². The van der Waals surface area contributed by atoms with Crippen LogP contribution in [0.15, 0.2) is 48.5 Å². The first kappa shape index (κ1) is 22.3. The molecule has 0 aromatic heterocycles. The molecule has 6 nitrogen and oxygen atoms in total. The lowest BCUT2D eigenvalue weighted by Gasteiger charge is -2.23. The molecule has 0 aliphatic heterocycles. The van der Waals surface area contributed by atoms with Crippen molar-refractivity contribution in [1.29, 1.82) is 0 Å². The van der Waals surface area contributed by atoms with Gasteiger partial charge in [-0.05, 0) is 38.0 Å². The summed E-state index contributed by atoms with van der Waals surface area (Å²) in [7, 11) is 1.65. The Morgan fingerprint density at radius 3 is 2.24 bits per heavy atom. The molecule has 6 heteroatoms. The Morgan fingerprint density at radius 2 is 1.62 bits per heavy atom. The van der Waals surface area contributed by atoms with Crippen LogP contribution >= 0.6 is 0 Å². The molecule has 0 fully saturated rings. The maximum Gasteiger partial charge on any atom is 0.243 e. The van der Waals surface area contributed by atoms with Gasteiger partial charge in [-0.3, -0.25) is 9.59 Å². The molecule has 2 rings (SSSR count). The van der Waals surface area contributed by atoms with Gasteiger partial charge in [0.15, 0.2) is 11.5 Å². The van der Waals surface area contributed by atoms with Gasteiger partial charge in [0.25, 0.3) is 0 Å². The highest BCUT2D eigenvalue weighted by molar-refractivity contribution is 5.95. The van der Waals surface area contributed by atoms with Crippen LogP contribution in [0.1, 0.15) is 38.7 Å². The number of amides is 2.